The van der Waals surface area contributed by atoms with Crippen molar-refractivity contribution in [2.75, 3.05) is 0 Å². The number of aromatic hydroxyl groups is 1. The van der Waals surface area contributed by atoms with Gasteiger partial charge in [-0.05, 0) is 35.9 Å². The lowest BCUT2D eigenvalue weighted by Crippen LogP contribution is -2.17. The lowest BCUT2D eigenvalue weighted by molar-refractivity contribution is -0.274. The summed E-state index contributed by atoms with van der Waals surface area (Å²) in [6.45, 7) is 0. The molecular weight excluding hydrogens is 326 g/mol. The van der Waals surface area contributed by atoms with Gasteiger partial charge in [0.1, 0.15) is 17.3 Å². The van der Waals surface area contributed by atoms with Gasteiger partial charge in [-0.3, -0.25) is 0 Å². The second-order valence-electron chi connectivity index (χ2n) is 4.30. The van der Waals surface area contributed by atoms with Crippen LogP contribution in [0.4, 0.5) is 17.6 Å². The summed E-state index contributed by atoms with van der Waals surface area (Å²) in [7, 11) is 0. The van der Waals surface area contributed by atoms with Crippen molar-refractivity contribution in [3.8, 4) is 11.5 Å². The summed E-state index contributed by atoms with van der Waals surface area (Å²) in [5, 5.41) is 9.65. The van der Waals surface area contributed by atoms with Crippen LogP contribution in [-0.4, -0.2) is 11.5 Å². The Bertz CT molecular complexity index is 632. The van der Waals surface area contributed by atoms with E-state index in [9.17, 15) is 22.7 Å². The Labute approximate surface area is 129 Å². The standard InChI is InChI=1S/C14H11F4NO2.ClH/c15-9-3-6-12(20)11(7-9)13(19)8-1-4-10(5-2-8)21-14(16,17)18;/h1-7,13,20H,19H2;1H/t13-;/m0./s1. The highest BCUT2D eigenvalue weighted by Crippen LogP contribution is 2.30. The largest absolute Gasteiger partial charge is 0.573 e. The van der Waals surface area contributed by atoms with E-state index in [1.54, 1.807) is 0 Å². The molecule has 1 atom stereocenters. The summed E-state index contributed by atoms with van der Waals surface area (Å²) >= 11 is 0. The summed E-state index contributed by atoms with van der Waals surface area (Å²) in [4.78, 5) is 0. The first-order valence-electron chi connectivity index (χ1n) is 5.86. The highest BCUT2D eigenvalue weighted by Gasteiger charge is 2.31. The van der Waals surface area contributed by atoms with E-state index in [0.29, 0.717) is 5.56 Å². The van der Waals surface area contributed by atoms with E-state index in [2.05, 4.69) is 4.74 Å². The van der Waals surface area contributed by atoms with E-state index in [4.69, 9.17) is 5.73 Å². The molecule has 2 aromatic rings. The first-order chi connectivity index (χ1) is 9.76. The van der Waals surface area contributed by atoms with Crippen LogP contribution < -0.4 is 10.5 Å². The molecule has 3 nitrogen and oxygen atoms in total. The fraction of sp³-hybridized carbons (Fsp3) is 0.143. The molecule has 0 fully saturated rings. The van der Waals surface area contributed by atoms with Gasteiger partial charge in [0.05, 0.1) is 6.04 Å². The van der Waals surface area contributed by atoms with Gasteiger partial charge in [-0.25, -0.2) is 4.39 Å². The summed E-state index contributed by atoms with van der Waals surface area (Å²) < 4.78 is 53.0. The number of ether oxygens (including phenoxy) is 1. The van der Waals surface area contributed by atoms with Crippen molar-refractivity contribution in [1.82, 2.24) is 0 Å². The number of halogens is 5. The Morgan fingerprint density at radius 2 is 1.64 bits per heavy atom. The van der Waals surface area contributed by atoms with E-state index in [1.807, 2.05) is 0 Å². The van der Waals surface area contributed by atoms with Gasteiger partial charge in [-0.15, -0.1) is 25.6 Å². The van der Waals surface area contributed by atoms with Crippen LogP contribution in [0.3, 0.4) is 0 Å². The molecule has 2 rings (SSSR count). The van der Waals surface area contributed by atoms with Crippen molar-refractivity contribution in [2.24, 2.45) is 5.73 Å². The summed E-state index contributed by atoms with van der Waals surface area (Å²) in [6, 6.07) is 7.25. The van der Waals surface area contributed by atoms with Gasteiger partial charge < -0.3 is 15.6 Å². The number of hydrogen-bond acceptors (Lipinski definition) is 3. The van der Waals surface area contributed by atoms with Crippen molar-refractivity contribution >= 4 is 12.4 Å². The maximum absolute atomic E-state index is 13.2. The molecule has 0 aliphatic carbocycles. The Kier molecular flexibility index (Phi) is 5.62. The van der Waals surface area contributed by atoms with E-state index >= 15 is 0 Å². The van der Waals surface area contributed by atoms with Crippen LogP contribution in [0.2, 0.25) is 0 Å². The van der Waals surface area contributed by atoms with Gasteiger partial charge >= 0.3 is 6.36 Å². The predicted octanol–water partition coefficient (Wildman–Crippen LogP) is 3.90. The molecule has 0 radical (unpaired) electrons. The zero-order valence-corrected chi connectivity index (χ0v) is 11.8. The van der Waals surface area contributed by atoms with E-state index in [1.165, 1.54) is 12.1 Å². The van der Waals surface area contributed by atoms with Crippen LogP contribution in [0.15, 0.2) is 42.5 Å². The Morgan fingerprint density at radius 3 is 2.18 bits per heavy atom. The molecule has 0 saturated carbocycles. The molecule has 0 bridgehead atoms. The molecule has 2 aromatic carbocycles. The molecule has 0 spiro atoms. The van der Waals surface area contributed by atoms with Gasteiger partial charge in [-0.1, -0.05) is 12.1 Å². The van der Waals surface area contributed by atoms with Gasteiger partial charge in [-0.2, -0.15) is 0 Å². The molecule has 0 aliphatic heterocycles. The van der Waals surface area contributed by atoms with E-state index < -0.39 is 18.2 Å². The Hall–Kier alpha value is -1.99. The second kappa shape index (κ2) is 6.85. The normalized spacial score (nSPS) is 12.4. The van der Waals surface area contributed by atoms with E-state index in [0.717, 1.165) is 30.3 Å². The molecule has 0 heterocycles. The van der Waals surface area contributed by atoms with Crippen molar-refractivity contribution in [2.45, 2.75) is 12.4 Å². The van der Waals surface area contributed by atoms with Crippen molar-refractivity contribution in [3.63, 3.8) is 0 Å². The fourth-order valence-corrected chi connectivity index (χ4v) is 1.83. The second-order valence-corrected chi connectivity index (χ2v) is 4.30. The molecule has 0 aliphatic rings. The number of alkyl halides is 3. The molecule has 0 aromatic heterocycles. The highest BCUT2D eigenvalue weighted by molar-refractivity contribution is 5.85. The molecule has 0 amide bonds. The quantitative estimate of drug-likeness (QED) is 0.835. The molecular formula is C14H12ClF4NO2. The fourth-order valence-electron chi connectivity index (χ4n) is 1.83. The number of nitrogens with two attached hydrogens (primary N) is 1. The first-order valence-corrected chi connectivity index (χ1v) is 5.86. The van der Waals surface area contributed by atoms with Crippen LogP contribution in [0, 0.1) is 5.82 Å². The summed E-state index contributed by atoms with van der Waals surface area (Å²) in [6.07, 6.45) is -4.77. The van der Waals surface area contributed by atoms with Crippen molar-refractivity contribution in [1.29, 1.82) is 0 Å². The molecule has 0 unspecified atom stereocenters. The monoisotopic (exact) mass is 337 g/mol. The average Bonchev–Trinajstić information content (AvgIpc) is 2.40. The number of hydrogen-bond donors (Lipinski definition) is 2. The van der Waals surface area contributed by atoms with Crippen LogP contribution in [0.25, 0.3) is 0 Å². The first kappa shape index (κ1) is 18.1. The van der Waals surface area contributed by atoms with Gasteiger partial charge in [0, 0.05) is 5.56 Å². The lowest BCUT2D eigenvalue weighted by Gasteiger charge is -2.15. The number of benzene rings is 2. The lowest BCUT2D eigenvalue weighted by atomic mass is 9.98. The van der Waals surface area contributed by atoms with Crippen LogP contribution in [0.1, 0.15) is 17.2 Å². The zero-order valence-electron chi connectivity index (χ0n) is 11.0. The summed E-state index contributed by atoms with van der Waals surface area (Å²) in [5.41, 5.74) is 6.42. The minimum atomic E-state index is -4.77. The molecule has 120 valence electrons. The van der Waals surface area contributed by atoms with Gasteiger partial charge in [0.15, 0.2) is 0 Å². The van der Waals surface area contributed by atoms with Crippen molar-refractivity contribution in [3.05, 3.63) is 59.4 Å². The molecule has 22 heavy (non-hydrogen) atoms. The molecule has 8 heteroatoms. The number of phenols is 1. The minimum Gasteiger partial charge on any atom is -0.508 e. The Morgan fingerprint density at radius 1 is 1.05 bits per heavy atom. The number of phenolic OH excluding ortho intramolecular Hbond substituents is 1. The zero-order chi connectivity index (χ0) is 15.6. The average molecular weight is 338 g/mol. The minimum absolute atomic E-state index is 0. The maximum atomic E-state index is 13.2. The summed E-state index contributed by atoms with van der Waals surface area (Å²) in [5.74, 6) is -1.16. The predicted molar refractivity (Wildman–Crippen MR) is 74.5 cm³/mol. The highest BCUT2D eigenvalue weighted by atomic mass is 35.5. The van der Waals surface area contributed by atoms with Gasteiger partial charge in [0.25, 0.3) is 0 Å². The van der Waals surface area contributed by atoms with Crippen LogP contribution >= 0.6 is 12.4 Å². The molecule has 3 N–H and O–H groups in total. The smallest absolute Gasteiger partial charge is 0.508 e. The van der Waals surface area contributed by atoms with Crippen LogP contribution in [0.5, 0.6) is 11.5 Å². The SMILES string of the molecule is Cl.N[C@@H](c1ccc(OC(F)(F)F)cc1)c1cc(F)ccc1O. The Balaban J connectivity index is 0.00000242. The van der Waals surface area contributed by atoms with Crippen LogP contribution in [-0.2, 0) is 0 Å². The third kappa shape index (κ3) is 4.51. The third-order valence-electron chi connectivity index (χ3n) is 2.80. The topological polar surface area (TPSA) is 55.5 Å². The van der Waals surface area contributed by atoms with E-state index in [-0.39, 0.29) is 29.5 Å². The molecule has 0 saturated heterocycles. The third-order valence-corrected chi connectivity index (χ3v) is 2.80. The number of rotatable bonds is 3. The van der Waals surface area contributed by atoms with Gasteiger partial charge in [0.2, 0.25) is 0 Å². The van der Waals surface area contributed by atoms with Crippen molar-refractivity contribution < 1.29 is 27.4 Å². The maximum Gasteiger partial charge on any atom is 0.573 e.